The molecule has 39 heavy (non-hydrogen) atoms. The van der Waals surface area contributed by atoms with Crippen molar-refractivity contribution < 1.29 is 27.9 Å². The summed E-state index contributed by atoms with van der Waals surface area (Å²) >= 11 is 12.1. The van der Waals surface area contributed by atoms with Crippen LogP contribution in [0.4, 0.5) is 4.79 Å². The molecule has 0 radical (unpaired) electrons. The van der Waals surface area contributed by atoms with Crippen LogP contribution in [0.25, 0.3) is 0 Å². The molecule has 0 aromatic heterocycles. The van der Waals surface area contributed by atoms with E-state index in [0.29, 0.717) is 37.3 Å². The number of hydrogen-bond donors (Lipinski definition) is 2. The third-order valence-corrected chi connectivity index (χ3v) is 9.19. The van der Waals surface area contributed by atoms with Crippen LogP contribution in [0.5, 0.6) is 0 Å². The van der Waals surface area contributed by atoms with Crippen LogP contribution in [0, 0.1) is 0 Å². The second-order valence-corrected chi connectivity index (χ2v) is 11.8. The highest BCUT2D eigenvalue weighted by Gasteiger charge is 2.40. The molecule has 0 saturated heterocycles. The first kappa shape index (κ1) is 28.8. The zero-order valence-corrected chi connectivity index (χ0v) is 23.3. The molecule has 1 saturated carbocycles. The summed E-state index contributed by atoms with van der Waals surface area (Å²) in [6.45, 7) is 0.207. The Morgan fingerprint density at radius 1 is 1.13 bits per heavy atom. The fraction of sp³-hybridized carbons (Fsp3) is 0.360. The highest BCUT2D eigenvalue weighted by molar-refractivity contribution is 7.89. The summed E-state index contributed by atoms with van der Waals surface area (Å²) < 4.78 is 27.5. The van der Waals surface area contributed by atoms with Crippen molar-refractivity contribution in [2.75, 3.05) is 33.2 Å². The number of hydrogen-bond acceptors (Lipinski definition) is 6. The van der Waals surface area contributed by atoms with Gasteiger partial charge in [0.1, 0.15) is 10.7 Å². The minimum Gasteiger partial charge on any atom is -0.465 e. The van der Waals surface area contributed by atoms with Crippen molar-refractivity contribution in [3.63, 3.8) is 0 Å². The van der Waals surface area contributed by atoms with E-state index >= 15 is 0 Å². The number of nitrogens with one attached hydrogen (secondary N) is 1. The lowest BCUT2D eigenvalue weighted by Crippen LogP contribution is -2.45. The molecule has 1 aliphatic carbocycles. The summed E-state index contributed by atoms with van der Waals surface area (Å²) in [5.41, 5.74) is 1.46. The standard InChI is InChI=1S/C25H27Cl2N5O6S/c1-30(14-16-5-7-17(8-6-16)24-28-11-12-31(24)25(35)36)22(34)13-29-21(33)15-32(18-9-10-18)39(37,38)20-4-2-3-19(26)23(20)27/h2-8,18H,9-15H2,1H3,(H,29,33)(H,35,36). The van der Waals surface area contributed by atoms with Gasteiger partial charge in [0.2, 0.25) is 21.8 Å². The second kappa shape index (κ2) is 11.9. The van der Waals surface area contributed by atoms with Crippen LogP contribution in [0.1, 0.15) is 24.0 Å². The van der Waals surface area contributed by atoms with Crippen LogP contribution in [-0.4, -0.2) is 90.6 Å². The van der Waals surface area contributed by atoms with E-state index in [1.54, 1.807) is 31.3 Å². The lowest BCUT2D eigenvalue weighted by Gasteiger charge is -2.23. The van der Waals surface area contributed by atoms with Gasteiger partial charge in [-0.3, -0.25) is 19.5 Å². The number of benzene rings is 2. The Labute approximate surface area is 236 Å². The second-order valence-electron chi connectivity index (χ2n) is 9.20. The SMILES string of the molecule is CN(Cc1ccc(C2=NCCN2C(=O)O)cc1)C(=O)CNC(=O)CN(C1CC1)S(=O)(=O)c1cccc(Cl)c1Cl. The predicted octanol–water partition coefficient (Wildman–Crippen LogP) is 2.66. The number of amidine groups is 1. The van der Waals surface area contributed by atoms with Crippen LogP contribution in [0.15, 0.2) is 52.4 Å². The Morgan fingerprint density at radius 3 is 2.46 bits per heavy atom. The number of carbonyl (C=O) groups is 3. The highest BCUT2D eigenvalue weighted by Crippen LogP contribution is 2.36. The lowest BCUT2D eigenvalue weighted by atomic mass is 10.1. The van der Waals surface area contributed by atoms with Gasteiger partial charge in [-0.25, -0.2) is 13.2 Å². The van der Waals surface area contributed by atoms with Gasteiger partial charge >= 0.3 is 6.09 Å². The van der Waals surface area contributed by atoms with E-state index in [2.05, 4.69) is 10.3 Å². The molecule has 0 spiro atoms. The molecule has 1 heterocycles. The fourth-order valence-corrected chi connectivity index (χ4v) is 6.47. The monoisotopic (exact) mass is 595 g/mol. The zero-order valence-electron chi connectivity index (χ0n) is 21.0. The van der Waals surface area contributed by atoms with Crippen molar-refractivity contribution in [2.45, 2.75) is 30.3 Å². The van der Waals surface area contributed by atoms with Crippen LogP contribution in [0.3, 0.4) is 0 Å². The van der Waals surface area contributed by atoms with Crippen LogP contribution in [-0.2, 0) is 26.2 Å². The number of sulfonamides is 1. The molecule has 208 valence electrons. The summed E-state index contributed by atoms with van der Waals surface area (Å²) in [7, 11) is -2.50. The first-order valence-corrected chi connectivity index (χ1v) is 14.3. The van der Waals surface area contributed by atoms with Gasteiger partial charge in [-0.15, -0.1) is 0 Å². The Balaban J connectivity index is 1.31. The van der Waals surface area contributed by atoms with E-state index in [-0.39, 0.29) is 40.0 Å². The molecule has 1 aliphatic heterocycles. The minimum absolute atomic E-state index is 0.0933. The quantitative estimate of drug-likeness (QED) is 0.433. The number of amides is 3. The number of nitrogens with zero attached hydrogens (tertiary/aromatic N) is 4. The highest BCUT2D eigenvalue weighted by atomic mass is 35.5. The number of halogens is 2. The van der Waals surface area contributed by atoms with E-state index < -0.39 is 28.6 Å². The average molecular weight is 596 g/mol. The van der Waals surface area contributed by atoms with Gasteiger partial charge in [0.25, 0.3) is 0 Å². The van der Waals surface area contributed by atoms with Gasteiger partial charge in [-0.05, 0) is 30.5 Å². The van der Waals surface area contributed by atoms with Crippen molar-refractivity contribution in [3.8, 4) is 0 Å². The van der Waals surface area contributed by atoms with E-state index in [0.717, 1.165) is 9.87 Å². The van der Waals surface area contributed by atoms with Gasteiger partial charge < -0.3 is 15.3 Å². The van der Waals surface area contributed by atoms with Gasteiger partial charge in [0, 0.05) is 25.2 Å². The Morgan fingerprint density at radius 2 is 1.82 bits per heavy atom. The van der Waals surface area contributed by atoms with E-state index in [1.165, 1.54) is 28.0 Å². The van der Waals surface area contributed by atoms with Gasteiger partial charge in [0.15, 0.2) is 0 Å². The smallest absolute Gasteiger partial charge is 0.413 e. The Bertz CT molecular complexity index is 1410. The number of rotatable bonds is 10. The predicted molar refractivity (Wildman–Crippen MR) is 145 cm³/mol. The third-order valence-electron chi connectivity index (χ3n) is 6.32. The van der Waals surface area contributed by atoms with Crippen LogP contribution >= 0.6 is 23.2 Å². The van der Waals surface area contributed by atoms with Crippen molar-refractivity contribution in [1.82, 2.24) is 19.4 Å². The average Bonchev–Trinajstić information content (AvgIpc) is 3.61. The van der Waals surface area contributed by atoms with Crippen molar-refractivity contribution in [2.24, 2.45) is 4.99 Å². The van der Waals surface area contributed by atoms with Crippen molar-refractivity contribution in [3.05, 3.63) is 63.6 Å². The third kappa shape index (κ3) is 6.70. The fourth-order valence-electron chi connectivity index (χ4n) is 4.09. The van der Waals surface area contributed by atoms with Crippen LogP contribution in [0.2, 0.25) is 10.0 Å². The molecule has 0 atom stereocenters. The number of aliphatic imine (C=N–C) groups is 1. The number of carbonyl (C=O) groups excluding carboxylic acids is 2. The Hall–Kier alpha value is -3.19. The zero-order chi connectivity index (χ0) is 28.3. The summed E-state index contributed by atoms with van der Waals surface area (Å²) in [5.74, 6) is -0.598. The molecule has 2 aliphatic rings. The number of likely N-dealkylation sites (N-methyl/N-ethyl adjacent to an activating group) is 1. The molecular weight excluding hydrogens is 569 g/mol. The molecule has 2 aromatic rings. The molecule has 3 amide bonds. The topological polar surface area (TPSA) is 140 Å². The van der Waals surface area contributed by atoms with Crippen LogP contribution < -0.4 is 5.32 Å². The summed E-state index contributed by atoms with van der Waals surface area (Å²) in [6.07, 6.45) is 0.175. The van der Waals surface area contributed by atoms with Crippen molar-refractivity contribution >= 4 is 57.0 Å². The summed E-state index contributed by atoms with van der Waals surface area (Å²) in [5, 5.41) is 11.8. The van der Waals surface area contributed by atoms with E-state index in [9.17, 15) is 27.9 Å². The van der Waals surface area contributed by atoms with E-state index in [1.807, 2.05) is 0 Å². The molecule has 0 bridgehead atoms. The molecular formula is C25H27Cl2N5O6S. The van der Waals surface area contributed by atoms with Gasteiger partial charge in [-0.1, -0.05) is 53.5 Å². The number of carboxylic acid groups (broad SMARTS) is 1. The van der Waals surface area contributed by atoms with Crippen molar-refractivity contribution in [1.29, 1.82) is 0 Å². The van der Waals surface area contributed by atoms with E-state index in [4.69, 9.17) is 23.2 Å². The molecule has 11 nitrogen and oxygen atoms in total. The first-order chi connectivity index (χ1) is 18.5. The summed E-state index contributed by atoms with van der Waals surface area (Å²) in [6, 6.07) is 11.0. The first-order valence-electron chi connectivity index (χ1n) is 12.1. The molecule has 2 N–H and O–H groups in total. The minimum atomic E-state index is -4.08. The largest absolute Gasteiger partial charge is 0.465 e. The molecule has 4 rings (SSSR count). The van der Waals surface area contributed by atoms with Gasteiger partial charge in [-0.2, -0.15) is 4.31 Å². The maximum absolute atomic E-state index is 13.2. The normalized spacial score (nSPS) is 15.3. The maximum Gasteiger partial charge on any atom is 0.413 e. The summed E-state index contributed by atoms with van der Waals surface area (Å²) in [4.78, 5) is 43.3. The molecule has 14 heteroatoms. The Kier molecular flexibility index (Phi) is 8.80. The van der Waals surface area contributed by atoms with Gasteiger partial charge in [0.05, 0.1) is 36.2 Å². The maximum atomic E-state index is 13.2. The molecule has 2 aromatic carbocycles. The lowest BCUT2D eigenvalue weighted by molar-refractivity contribution is -0.132. The molecule has 0 unspecified atom stereocenters. The molecule has 1 fully saturated rings.